The number of benzene rings is 1. The maximum atomic E-state index is 5.92. The minimum Gasteiger partial charge on any atom is -0.490 e. The van der Waals surface area contributed by atoms with E-state index in [1.54, 1.807) is 0 Å². The van der Waals surface area contributed by atoms with Gasteiger partial charge in [0.25, 0.3) is 0 Å². The number of amidine groups is 1. The van der Waals surface area contributed by atoms with Crippen LogP contribution < -0.4 is 14.8 Å². The van der Waals surface area contributed by atoms with Crippen LogP contribution >= 0.6 is 0 Å². The van der Waals surface area contributed by atoms with Crippen molar-refractivity contribution in [3.63, 3.8) is 0 Å². The maximum Gasteiger partial charge on any atom is 0.162 e. The molecule has 0 aliphatic carbocycles. The SMILES string of the molecule is c1ccc2c(c1)OCCC(C1=NCCN1)O2. The first-order valence-electron chi connectivity index (χ1n) is 5.60. The number of para-hydroxylation sites is 2. The molecule has 1 atom stereocenters. The van der Waals surface area contributed by atoms with E-state index in [0.29, 0.717) is 6.61 Å². The normalized spacial score (nSPS) is 23.2. The molecular weight excluding hydrogens is 204 g/mol. The maximum absolute atomic E-state index is 5.92. The summed E-state index contributed by atoms with van der Waals surface area (Å²) in [5, 5.41) is 3.25. The monoisotopic (exact) mass is 218 g/mol. The van der Waals surface area contributed by atoms with E-state index in [-0.39, 0.29) is 6.10 Å². The van der Waals surface area contributed by atoms with Gasteiger partial charge in [0.05, 0.1) is 13.2 Å². The Morgan fingerprint density at radius 2 is 2.12 bits per heavy atom. The van der Waals surface area contributed by atoms with Gasteiger partial charge in [-0.25, -0.2) is 0 Å². The van der Waals surface area contributed by atoms with Crippen LogP contribution in [-0.2, 0) is 0 Å². The summed E-state index contributed by atoms with van der Waals surface area (Å²) >= 11 is 0. The quantitative estimate of drug-likeness (QED) is 0.770. The molecule has 0 spiro atoms. The Hall–Kier alpha value is -1.71. The van der Waals surface area contributed by atoms with E-state index in [9.17, 15) is 0 Å². The molecule has 0 fully saturated rings. The van der Waals surface area contributed by atoms with E-state index in [0.717, 1.165) is 36.8 Å². The molecule has 16 heavy (non-hydrogen) atoms. The summed E-state index contributed by atoms with van der Waals surface area (Å²) in [6, 6.07) is 7.77. The number of nitrogens with one attached hydrogen (secondary N) is 1. The van der Waals surface area contributed by atoms with Crippen LogP contribution in [0.3, 0.4) is 0 Å². The van der Waals surface area contributed by atoms with Crippen LogP contribution in [-0.4, -0.2) is 31.6 Å². The molecule has 4 heteroatoms. The Bertz CT molecular complexity index is 417. The van der Waals surface area contributed by atoms with E-state index in [2.05, 4.69) is 10.3 Å². The van der Waals surface area contributed by atoms with Crippen LogP contribution in [0.1, 0.15) is 6.42 Å². The minimum absolute atomic E-state index is 0.00569. The van der Waals surface area contributed by atoms with Crippen molar-refractivity contribution in [1.29, 1.82) is 0 Å². The lowest BCUT2D eigenvalue weighted by atomic mass is 10.2. The summed E-state index contributed by atoms with van der Waals surface area (Å²) in [6.07, 6.45) is 0.840. The first-order valence-corrected chi connectivity index (χ1v) is 5.60. The smallest absolute Gasteiger partial charge is 0.162 e. The zero-order valence-electron chi connectivity index (χ0n) is 8.98. The lowest BCUT2D eigenvalue weighted by Crippen LogP contribution is -2.36. The van der Waals surface area contributed by atoms with Gasteiger partial charge < -0.3 is 14.8 Å². The van der Waals surface area contributed by atoms with Crippen molar-refractivity contribution in [2.24, 2.45) is 4.99 Å². The molecule has 0 bridgehead atoms. The van der Waals surface area contributed by atoms with E-state index in [1.807, 2.05) is 24.3 Å². The number of ether oxygens (including phenoxy) is 2. The second kappa shape index (κ2) is 4.04. The summed E-state index contributed by atoms with van der Waals surface area (Å²) in [6.45, 7) is 2.43. The van der Waals surface area contributed by atoms with Crippen LogP contribution in [0.2, 0.25) is 0 Å². The van der Waals surface area contributed by atoms with Crippen molar-refractivity contribution >= 4 is 5.84 Å². The van der Waals surface area contributed by atoms with Crippen LogP contribution in [0.4, 0.5) is 0 Å². The van der Waals surface area contributed by atoms with Crippen LogP contribution in [0.5, 0.6) is 11.5 Å². The second-order valence-electron chi connectivity index (χ2n) is 3.88. The number of rotatable bonds is 1. The van der Waals surface area contributed by atoms with Crippen LogP contribution in [0.25, 0.3) is 0 Å². The fraction of sp³-hybridized carbons (Fsp3) is 0.417. The molecular formula is C12H14N2O2. The first kappa shape index (κ1) is 9.51. The average molecular weight is 218 g/mol. The van der Waals surface area contributed by atoms with E-state index in [1.165, 1.54) is 0 Å². The Kier molecular flexibility index (Phi) is 2.40. The number of hydrogen-bond donors (Lipinski definition) is 1. The van der Waals surface area contributed by atoms with Gasteiger partial charge in [0.15, 0.2) is 17.6 Å². The van der Waals surface area contributed by atoms with Crippen molar-refractivity contribution in [2.75, 3.05) is 19.7 Å². The number of fused-ring (bicyclic) bond motifs is 1. The Balaban J connectivity index is 1.85. The Morgan fingerprint density at radius 1 is 1.25 bits per heavy atom. The Labute approximate surface area is 94.3 Å². The molecule has 2 aliphatic heterocycles. The third-order valence-corrected chi connectivity index (χ3v) is 2.76. The highest BCUT2D eigenvalue weighted by molar-refractivity contribution is 5.88. The van der Waals surface area contributed by atoms with Crippen molar-refractivity contribution in [2.45, 2.75) is 12.5 Å². The largest absolute Gasteiger partial charge is 0.490 e. The van der Waals surface area contributed by atoms with Gasteiger partial charge in [0.1, 0.15) is 5.84 Å². The standard InChI is InChI=1S/C12H14N2O2/c1-2-4-10-9(3-1)15-8-5-11(16-10)12-13-6-7-14-12/h1-4,11H,5-8H2,(H,13,14). The molecule has 0 aromatic heterocycles. The van der Waals surface area contributed by atoms with Crippen molar-refractivity contribution < 1.29 is 9.47 Å². The van der Waals surface area contributed by atoms with Gasteiger partial charge in [-0.2, -0.15) is 0 Å². The molecule has 1 aromatic carbocycles. The molecule has 0 saturated carbocycles. The van der Waals surface area contributed by atoms with Gasteiger partial charge >= 0.3 is 0 Å². The highest BCUT2D eigenvalue weighted by Gasteiger charge is 2.24. The van der Waals surface area contributed by atoms with Gasteiger partial charge in [-0.3, -0.25) is 4.99 Å². The topological polar surface area (TPSA) is 42.8 Å². The molecule has 1 aromatic rings. The number of nitrogens with zero attached hydrogens (tertiary/aromatic N) is 1. The zero-order chi connectivity index (χ0) is 10.8. The molecule has 0 saturated heterocycles. The fourth-order valence-electron chi connectivity index (χ4n) is 1.98. The lowest BCUT2D eigenvalue weighted by Gasteiger charge is -2.16. The zero-order valence-corrected chi connectivity index (χ0v) is 8.98. The summed E-state index contributed by atoms with van der Waals surface area (Å²) < 4.78 is 11.6. The van der Waals surface area contributed by atoms with Gasteiger partial charge in [0.2, 0.25) is 0 Å². The molecule has 3 rings (SSSR count). The average Bonchev–Trinajstić information content (AvgIpc) is 2.75. The summed E-state index contributed by atoms with van der Waals surface area (Å²) in [7, 11) is 0. The summed E-state index contributed by atoms with van der Waals surface area (Å²) in [4.78, 5) is 4.40. The van der Waals surface area contributed by atoms with Gasteiger partial charge in [-0.15, -0.1) is 0 Å². The van der Waals surface area contributed by atoms with Crippen molar-refractivity contribution in [3.8, 4) is 11.5 Å². The van der Waals surface area contributed by atoms with Gasteiger partial charge in [0, 0.05) is 13.0 Å². The minimum atomic E-state index is 0.00569. The third-order valence-electron chi connectivity index (χ3n) is 2.76. The number of hydrogen-bond acceptors (Lipinski definition) is 4. The molecule has 2 aliphatic rings. The van der Waals surface area contributed by atoms with Crippen LogP contribution in [0, 0.1) is 0 Å². The summed E-state index contributed by atoms with van der Waals surface area (Å²) in [5.74, 6) is 2.59. The van der Waals surface area contributed by atoms with Gasteiger partial charge in [-0.1, -0.05) is 12.1 Å². The highest BCUT2D eigenvalue weighted by atomic mass is 16.5. The molecule has 1 unspecified atom stereocenters. The highest BCUT2D eigenvalue weighted by Crippen LogP contribution is 2.30. The summed E-state index contributed by atoms with van der Waals surface area (Å²) in [5.41, 5.74) is 0. The molecule has 0 amide bonds. The second-order valence-corrected chi connectivity index (χ2v) is 3.88. The first-order chi connectivity index (χ1) is 7.93. The van der Waals surface area contributed by atoms with Crippen molar-refractivity contribution in [1.82, 2.24) is 5.32 Å². The molecule has 0 radical (unpaired) electrons. The number of aliphatic imine (C=N–C) groups is 1. The van der Waals surface area contributed by atoms with Gasteiger partial charge in [-0.05, 0) is 12.1 Å². The third kappa shape index (κ3) is 1.71. The molecule has 1 N–H and O–H groups in total. The fourth-order valence-corrected chi connectivity index (χ4v) is 1.98. The van der Waals surface area contributed by atoms with E-state index >= 15 is 0 Å². The lowest BCUT2D eigenvalue weighted by molar-refractivity contribution is 0.249. The van der Waals surface area contributed by atoms with E-state index in [4.69, 9.17) is 9.47 Å². The predicted octanol–water partition coefficient (Wildman–Crippen LogP) is 1.22. The molecule has 84 valence electrons. The Morgan fingerprint density at radius 3 is 2.94 bits per heavy atom. The predicted molar refractivity (Wildman–Crippen MR) is 61.3 cm³/mol. The van der Waals surface area contributed by atoms with E-state index < -0.39 is 0 Å². The van der Waals surface area contributed by atoms with Crippen LogP contribution in [0.15, 0.2) is 29.3 Å². The molecule has 4 nitrogen and oxygen atoms in total. The molecule has 2 heterocycles. The van der Waals surface area contributed by atoms with Crippen molar-refractivity contribution in [3.05, 3.63) is 24.3 Å².